The molecule has 0 aliphatic carbocycles. The van der Waals surface area contributed by atoms with Crippen molar-refractivity contribution in [2.75, 3.05) is 36.0 Å². The lowest BCUT2D eigenvalue weighted by atomic mass is 10.0. The van der Waals surface area contributed by atoms with Crippen molar-refractivity contribution in [2.45, 2.75) is 64.2 Å². The van der Waals surface area contributed by atoms with Crippen LogP contribution in [0.5, 0.6) is 5.75 Å². The molecular weight excluding hydrogens is 584 g/mol. The maximum absolute atomic E-state index is 13.7. The van der Waals surface area contributed by atoms with Crippen LogP contribution in [0.1, 0.15) is 45.1 Å². The van der Waals surface area contributed by atoms with E-state index in [2.05, 4.69) is 9.72 Å². The molecule has 0 spiro atoms. The summed E-state index contributed by atoms with van der Waals surface area (Å²) in [6, 6.07) is 4.83. The summed E-state index contributed by atoms with van der Waals surface area (Å²) in [6.45, 7) is 4.08. The summed E-state index contributed by atoms with van der Waals surface area (Å²) in [5, 5.41) is 0. The second kappa shape index (κ2) is 12.4. The standard InChI is InChI=1S/C28H31F6N5O4/c1-26(2)23(40)39(25(42)38(26)18-19-9-11-35-12-10-19)20-7-8-22(43-28(32,33)34)21(17-20)37(24(41)27(29,30)31)16-6-15-36-13-4-3-5-14-36/h7-12,17H,3-6,13-16,18H2,1-2H3. The van der Waals surface area contributed by atoms with Crippen LogP contribution in [0.3, 0.4) is 0 Å². The summed E-state index contributed by atoms with van der Waals surface area (Å²) in [5.74, 6) is -4.26. The molecule has 9 nitrogen and oxygen atoms in total. The van der Waals surface area contributed by atoms with Crippen LogP contribution in [0.4, 0.5) is 42.5 Å². The quantitative estimate of drug-likeness (QED) is 0.274. The smallest absolute Gasteiger partial charge is 0.404 e. The van der Waals surface area contributed by atoms with Crippen molar-refractivity contribution in [1.82, 2.24) is 14.8 Å². The van der Waals surface area contributed by atoms with Gasteiger partial charge < -0.3 is 19.4 Å². The van der Waals surface area contributed by atoms with E-state index in [0.29, 0.717) is 23.1 Å². The Labute approximate surface area is 244 Å². The molecule has 4 rings (SSSR count). The minimum Gasteiger partial charge on any atom is -0.404 e. The number of halogens is 6. The molecule has 1 aromatic carbocycles. The number of aromatic nitrogens is 1. The molecule has 43 heavy (non-hydrogen) atoms. The van der Waals surface area contributed by atoms with Crippen molar-refractivity contribution in [3.63, 3.8) is 0 Å². The number of urea groups is 1. The Balaban J connectivity index is 1.72. The molecule has 0 unspecified atom stereocenters. The number of imide groups is 1. The molecule has 2 aliphatic rings. The van der Waals surface area contributed by atoms with E-state index in [1.165, 1.54) is 31.1 Å². The highest BCUT2D eigenvalue weighted by Crippen LogP contribution is 2.41. The fourth-order valence-corrected chi connectivity index (χ4v) is 5.19. The van der Waals surface area contributed by atoms with Crippen LogP contribution in [-0.2, 0) is 16.1 Å². The Kier molecular flexibility index (Phi) is 9.23. The fraction of sp³-hybridized carbons (Fsp3) is 0.500. The Bertz CT molecular complexity index is 1330. The predicted molar refractivity (Wildman–Crippen MR) is 143 cm³/mol. The number of amides is 4. The first-order valence-electron chi connectivity index (χ1n) is 13.7. The Hall–Kier alpha value is -3.88. The molecule has 234 valence electrons. The van der Waals surface area contributed by atoms with Crippen LogP contribution < -0.4 is 14.5 Å². The number of anilines is 2. The van der Waals surface area contributed by atoms with Crippen LogP contribution >= 0.6 is 0 Å². The zero-order chi connectivity index (χ0) is 31.6. The van der Waals surface area contributed by atoms with Gasteiger partial charge in [-0.15, -0.1) is 13.2 Å². The highest BCUT2D eigenvalue weighted by Gasteiger charge is 2.52. The van der Waals surface area contributed by atoms with E-state index in [9.17, 15) is 40.7 Å². The Morgan fingerprint density at radius 1 is 1.00 bits per heavy atom. The Morgan fingerprint density at radius 3 is 2.26 bits per heavy atom. The van der Waals surface area contributed by atoms with Gasteiger partial charge >= 0.3 is 24.5 Å². The average molecular weight is 616 g/mol. The third kappa shape index (κ3) is 7.37. The van der Waals surface area contributed by atoms with Crippen LogP contribution in [0, 0.1) is 0 Å². The maximum Gasteiger partial charge on any atom is 0.573 e. The zero-order valence-electron chi connectivity index (χ0n) is 23.5. The fourth-order valence-electron chi connectivity index (χ4n) is 5.19. The normalized spacial score (nSPS) is 17.9. The summed E-state index contributed by atoms with van der Waals surface area (Å²) >= 11 is 0. The van der Waals surface area contributed by atoms with Crippen LogP contribution in [0.25, 0.3) is 0 Å². The molecule has 0 saturated carbocycles. The number of pyridine rings is 1. The molecule has 1 aromatic heterocycles. The van der Waals surface area contributed by atoms with Crippen LogP contribution in [0.15, 0.2) is 42.7 Å². The SMILES string of the molecule is CC1(C)C(=O)N(c2ccc(OC(F)(F)F)c(N(CCCN3CCCCC3)C(=O)C(F)(F)F)c2)C(=O)N1Cc1ccncc1. The molecule has 0 atom stereocenters. The van der Waals surface area contributed by atoms with Gasteiger partial charge in [-0.2, -0.15) is 13.2 Å². The minimum absolute atomic E-state index is 0.0197. The van der Waals surface area contributed by atoms with Crippen LogP contribution in [0.2, 0.25) is 0 Å². The highest BCUT2D eigenvalue weighted by atomic mass is 19.4. The van der Waals surface area contributed by atoms with Gasteiger partial charge in [0.05, 0.1) is 11.4 Å². The molecule has 3 heterocycles. The van der Waals surface area contributed by atoms with E-state index in [0.717, 1.165) is 44.5 Å². The number of ether oxygens (including phenoxy) is 1. The molecule has 15 heteroatoms. The van der Waals surface area contributed by atoms with Crippen molar-refractivity contribution in [3.05, 3.63) is 48.3 Å². The van der Waals surface area contributed by atoms with E-state index >= 15 is 0 Å². The molecule has 2 fully saturated rings. The second-order valence-corrected chi connectivity index (χ2v) is 10.8. The van der Waals surface area contributed by atoms with Gasteiger partial charge in [0.15, 0.2) is 5.75 Å². The summed E-state index contributed by atoms with van der Waals surface area (Å²) in [7, 11) is 0. The van der Waals surface area contributed by atoms with Gasteiger partial charge in [0.2, 0.25) is 0 Å². The maximum atomic E-state index is 13.7. The van der Waals surface area contributed by atoms with Gasteiger partial charge in [0.25, 0.3) is 5.91 Å². The number of carbonyl (C=O) groups is 3. The zero-order valence-corrected chi connectivity index (χ0v) is 23.5. The van der Waals surface area contributed by atoms with Gasteiger partial charge in [-0.25, -0.2) is 9.69 Å². The topological polar surface area (TPSA) is 86.3 Å². The third-order valence-corrected chi connectivity index (χ3v) is 7.42. The van der Waals surface area contributed by atoms with Gasteiger partial charge in [0, 0.05) is 25.5 Å². The van der Waals surface area contributed by atoms with Gasteiger partial charge in [-0.1, -0.05) is 6.42 Å². The van der Waals surface area contributed by atoms with E-state index in [1.54, 1.807) is 12.1 Å². The number of rotatable bonds is 9. The van der Waals surface area contributed by atoms with E-state index in [-0.39, 0.29) is 23.6 Å². The van der Waals surface area contributed by atoms with Crippen molar-refractivity contribution >= 4 is 29.2 Å². The third-order valence-electron chi connectivity index (χ3n) is 7.42. The molecule has 2 saturated heterocycles. The molecular formula is C28H31F6N5O4. The Morgan fingerprint density at radius 2 is 1.65 bits per heavy atom. The van der Waals surface area contributed by atoms with Crippen molar-refractivity contribution in [1.29, 1.82) is 0 Å². The highest BCUT2D eigenvalue weighted by molar-refractivity contribution is 6.23. The van der Waals surface area contributed by atoms with E-state index in [4.69, 9.17) is 0 Å². The monoisotopic (exact) mass is 615 g/mol. The molecule has 0 bridgehead atoms. The largest absolute Gasteiger partial charge is 0.573 e. The van der Waals surface area contributed by atoms with Crippen molar-refractivity contribution in [3.8, 4) is 5.75 Å². The van der Waals surface area contributed by atoms with Crippen molar-refractivity contribution in [2.24, 2.45) is 0 Å². The van der Waals surface area contributed by atoms with Gasteiger partial charge in [-0.05, 0) is 88.6 Å². The first-order chi connectivity index (χ1) is 20.1. The van der Waals surface area contributed by atoms with E-state index < -0.39 is 53.9 Å². The number of hydrogen-bond donors (Lipinski definition) is 0. The lowest BCUT2D eigenvalue weighted by Crippen LogP contribution is -2.43. The van der Waals surface area contributed by atoms with Crippen LogP contribution in [-0.4, -0.2) is 76.9 Å². The lowest BCUT2D eigenvalue weighted by Gasteiger charge is -2.30. The number of carbonyl (C=O) groups excluding carboxylic acids is 3. The summed E-state index contributed by atoms with van der Waals surface area (Å²) in [6.07, 6.45) is -4.90. The predicted octanol–water partition coefficient (Wildman–Crippen LogP) is 5.50. The number of likely N-dealkylation sites (tertiary alicyclic amines) is 1. The average Bonchev–Trinajstić information content (AvgIpc) is 3.10. The molecule has 0 N–H and O–H groups in total. The number of hydrogen-bond acceptors (Lipinski definition) is 6. The van der Waals surface area contributed by atoms with Gasteiger partial charge in [0.1, 0.15) is 5.54 Å². The number of benzene rings is 1. The van der Waals surface area contributed by atoms with Gasteiger partial charge in [-0.3, -0.25) is 14.6 Å². The molecule has 2 aliphatic heterocycles. The minimum atomic E-state index is -5.43. The summed E-state index contributed by atoms with van der Waals surface area (Å²) in [5.41, 5.74) is -1.98. The summed E-state index contributed by atoms with van der Waals surface area (Å²) < 4.78 is 85.1. The van der Waals surface area contributed by atoms with E-state index in [1.807, 2.05) is 4.90 Å². The number of alkyl halides is 6. The number of nitrogens with zero attached hydrogens (tertiary/aromatic N) is 5. The summed E-state index contributed by atoms with van der Waals surface area (Å²) in [4.78, 5) is 47.5. The number of piperidine rings is 1. The lowest BCUT2D eigenvalue weighted by molar-refractivity contribution is -0.274. The van der Waals surface area contributed by atoms with Crippen molar-refractivity contribution < 1.29 is 45.5 Å². The molecule has 2 aromatic rings. The molecule has 0 radical (unpaired) electrons. The second-order valence-electron chi connectivity index (χ2n) is 10.8. The first kappa shape index (κ1) is 32.0. The molecule has 4 amide bonds. The first-order valence-corrected chi connectivity index (χ1v) is 13.7.